The molecule has 0 heterocycles. The van der Waals surface area contributed by atoms with Gasteiger partial charge in [0.2, 0.25) is 10.0 Å². The fourth-order valence-electron chi connectivity index (χ4n) is 1.92. The highest BCUT2D eigenvalue weighted by Gasteiger charge is 2.38. The molecule has 4 nitrogen and oxygen atoms in total. The highest BCUT2D eigenvalue weighted by molar-refractivity contribution is 9.10. The van der Waals surface area contributed by atoms with E-state index >= 15 is 0 Å². The molecule has 18 heavy (non-hydrogen) atoms. The van der Waals surface area contributed by atoms with Crippen LogP contribution >= 0.6 is 15.9 Å². The molecule has 1 aliphatic carbocycles. The van der Waals surface area contributed by atoms with Crippen LogP contribution in [0, 0.1) is 5.92 Å². The molecule has 0 aliphatic heterocycles. The van der Waals surface area contributed by atoms with Gasteiger partial charge in [0.1, 0.15) is 5.75 Å². The summed E-state index contributed by atoms with van der Waals surface area (Å²) in [7, 11) is -1.88. The van der Waals surface area contributed by atoms with Gasteiger partial charge in [-0.3, -0.25) is 0 Å². The lowest BCUT2D eigenvalue weighted by Gasteiger charge is -2.08. The highest BCUT2D eigenvalue weighted by Crippen LogP contribution is 2.35. The van der Waals surface area contributed by atoms with Gasteiger partial charge in [0.25, 0.3) is 0 Å². The van der Waals surface area contributed by atoms with Crippen molar-refractivity contribution < 1.29 is 13.2 Å². The maximum Gasteiger partial charge on any atom is 0.240 e. The second-order valence-corrected chi connectivity index (χ2v) is 7.00. The monoisotopic (exact) mass is 333 g/mol. The van der Waals surface area contributed by atoms with Crippen molar-refractivity contribution in [1.82, 2.24) is 4.72 Å². The summed E-state index contributed by atoms with van der Waals surface area (Å²) < 4.78 is 32.7. The maximum absolute atomic E-state index is 12.1. The van der Waals surface area contributed by atoms with E-state index in [1.807, 2.05) is 0 Å². The number of hydrogen-bond acceptors (Lipinski definition) is 3. The fourth-order valence-corrected chi connectivity index (χ4v) is 3.96. The fraction of sp³-hybridized carbons (Fsp3) is 0.500. The lowest BCUT2D eigenvalue weighted by atomic mass is 10.3. The Balaban J connectivity index is 2.17. The largest absolute Gasteiger partial charge is 0.496 e. The van der Waals surface area contributed by atoms with E-state index in [1.54, 1.807) is 25.3 Å². The molecule has 100 valence electrons. The van der Waals surface area contributed by atoms with Gasteiger partial charge in [-0.2, -0.15) is 0 Å². The second-order valence-electron chi connectivity index (χ2n) is 4.43. The van der Waals surface area contributed by atoms with Crippen LogP contribution in [0.1, 0.15) is 19.8 Å². The van der Waals surface area contributed by atoms with E-state index in [-0.39, 0.29) is 10.9 Å². The lowest BCUT2D eigenvalue weighted by molar-refractivity contribution is 0.411. The number of ether oxygens (including phenoxy) is 1. The topological polar surface area (TPSA) is 55.4 Å². The van der Waals surface area contributed by atoms with Gasteiger partial charge in [0.15, 0.2) is 0 Å². The van der Waals surface area contributed by atoms with Crippen LogP contribution in [0.2, 0.25) is 0 Å². The number of benzene rings is 1. The van der Waals surface area contributed by atoms with Gasteiger partial charge in [0.05, 0.1) is 16.5 Å². The Hall–Kier alpha value is -0.590. The lowest BCUT2D eigenvalue weighted by Crippen LogP contribution is -2.27. The van der Waals surface area contributed by atoms with Gasteiger partial charge < -0.3 is 4.74 Å². The van der Waals surface area contributed by atoms with E-state index in [2.05, 4.69) is 27.6 Å². The summed E-state index contributed by atoms with van der Waals surface area (Å²) in [6.07, 6.45) is 1.95. The molecule has 0 saturated heterocycles. The van der Waals surface area contributed by atoms with E-state index < -0.39 is 10.0 Å². The smallest absolute Gasteiger partial charge is 0.240 e. The Morgan fingerprint density at radius 1 is 1.50 bits per heavy atom. The molecule has 1 N–H and O–H groups in total. The molecule has 1 aliphatic rings. The van der Waals surface area contributed by atoms with E-state index in [1.165, 1.54) is 0 Å². The third kappa shape index (κ3) is 2.87. The minimum atomic E-state index is -3.42. The normalized spacial score (nSPS) is 22.8. The molecule has 1 saturated carbocycles. The molecule has 0 radical (unpaired) electrons. The molecule has 0 bridgehead atoms. The SMILES string of the molecule is CCC1CC1NS(=O)(=O)c1ccc(OC)c(Br)c1. The number of rotatable bonds is 5. The van der Waals surface area contributed by atoms with Gasteiger partial charge in [-0.15, -0.1) is 0 Å². The predicted molar refractivity (Wildman–Crippen MR) is 73.2 cm³/mol. The second kappa shape index (κ2) is 5.19. The number of hydrogen-bond donors (Lipinski definition) is 1. The molecule has 0 amide bonds. The standard InChI is InChI=1S/C12H16BrNO3S/c1-3-8-6-11(8)14-18(15,16)9-4-5-12(17-2)10(13)7-9/h4-5,7-8,11,14H,3,6H2,1-2H3. The number of methoxy groups -OCH3 is 1. The van der Waals surface area contributed by atoms with Crippen molar-refractivity contribution >= 4 is 26.0 Å². The van der Waals surface area contributed by atoms with Gasteiger partial charge in [0, 0.05) is 6.04 Å². The van der Waals surface area contributed by atoms with Gasteiger partial charge in [-0.25, -0.2) is 13.1 Å². The van der Waals surface area contributed by atoms with E-state index in [9.17, 15) is 8.42 Å². The van der Waals surface area contributed by atoms with Crippen LogP contribution in [0.25, 0.3) is 0 Å². The maximum atomic E-state index is 12.1. The van der Waals surface area contributed by atoms with Gasteiger partial charge in [-0.05, 0) is 46.5 Å². The van der Waals surface area contributed by atoms with E-state index in [4.69, 9.17) is 4.74 Å². The van der Waals surface area contributed by atoms with Crippen molar-refractivity contribution in [1.29, 1.82) is 0 Å². The Kier molecular flexibility index (Phi) is 3.99. The molecule has 0 spiro atoms. The number of halogens is 1. The first kappa shape index (κ1) is 13.8. The summed E-state index contributed by atoms with van der Waals surface area (Å²) in [6.45, 7) is 2.07. The summed E-state index contributed by atoms with van der Waals surface area (Å²) >= 11 is 3.29. The molecular formula is C12H16BrNO3S. The third-order valence-corrected chi connectivity index (χ3v) is 5.29. The third-order valence-electron chi connectivity index (χ3n) is 3.19. The minimum Gasteiger partial charge on any atom is -0.496 e. The first-order valence-electron chi connectivity index (χ1n) is 5.83. The molecule has 1 aromatic carbocycles. The Labute approximate surface area is 116 Å². The molecular weight excluding hydrogens is 318 g/mol. The zero-order chi connectivity index (χ0) is 13.3. The van der Waals surface area contributed by atoms with Gasteiger partial charge >= 0.3 is 0 Å². The van der Waals surface area contributed by atoms with Crippen molar-refractivity contribution in [2.24, 2.45) is 5.92 Å². The highest BCUT2D eigenvalue weighted by atomic mass is 79.9. The molecule has 1 fully saturated rings. The molecule has 2 rings (SSSR count). The zero-order valence-electron chi connectivity index (χ0n) is 10.3. The van der Waals surface area contributed by atoms with Crippen molar-refractivity contribution in [2.75, 3.05) is 7.11 Å². The summed E-state index contributed by atoms with van der Waals surface area (Å²) in [5, 5.41) is 0. The van der Waals surface area contributed by atoms with Crippen LogP contribution < -0.4 is 9.46 Å². The average molecular weight is 334 g/mol. The quantitative estimate of drug-likeness (QED) is 0.900. The summed E-state index contributed by atoms with van der Waals surface area (Å²) in [5.74, 6) is 1.10. The predicted octanol–water partition coefficient (Wildman–Crippen LogP) is 2.53. The Bertz CT molecular complexity index is 544. The minimum absolute atomic E-state index is 0.0980. The van der Waals surface area contributed by atoms with Crippen molar-refractivity contribution in [3.05, 3.63) is 22.7 Å². The molecule has 2 atom stereocenters. The number of nitrogens with one attached hydrogen (secondary N) is 1. The van der Waals surface area contributed by atoms with Crippen molar-refractivity contribution in [3.8, 4) is 5.75 Å². The molecule has 2 unspecified atom stereocenters. The van der Waals surface area contributed by atoms with Crippen LogP contribution in [0.15, 0.2) is 27.6 Å². The summed E-state index contributed by atoms with van der Waals surface area (Å²) in [6, 6.07) is 4.85. The summed E-state index contributed by atoms with van der Waals surface area (Å²) in [4.78, 5) is 0.261. The molecule has 1 aromatic rings. The molecule has 6 heteroatoms. The van der Waals surface area contributed by atoms with Crippen LogP contribution in [-0.4, -0.2) is 21.6 Å². The van der Waals surface area contributed by atoms with Crippen molar-refractivity contribution in [2.45, 2.75) is 30.7 Å². The Morgan fingerprint density at radius 3 is 2.72 bits per heavy atom. The van der Waals surface area contributed by atoms with Crippen molar-refractivity contribution in [3.63, 3.8) is 0 Å². The Morgan fingerprint density at radius 2 is 2.22 bits per heavy atom. The van der Waals surface area contributed by atoms with Crippen LogP contribution in [0.5, 0.6) is 5.75 Å². The van der Waals surface area contributed by atoms with Crippen LogP contribution in [0.3, 0.4) is 0 Å². The first-order chi connectivity index (χ1) is 8.47. The first-order valence-corrected chi connectivity index (χ1v) is 8.11. The van der Waals surface area contributed by atoms with E-state index in [0.29, 0.717) is 16.1 Å². The van der Waals surface area contributed by atoms with Gasteiger partial charge in [-0.1, -0.05) is 13.3 Å². The molecule has 0 aromatic heterocycles. The zero-order valence-corrected chi connectivity index (χ0v) is 12.7. The van der Waals surface area contributed by atoms with E-state index in [0.717, 1.165) is 12.8 Å². The summed E-state index contributed by atoms with van der Waals surface area (Å²) in [5.41, 5.74) is 0. The van der Waals surface area contributed by atoms with Crippen LogP contribution in [0.4, 0.5) is 0 Å². The average Bonchev–Trinajstić information content (AvgIpc) is 3.06. The van der Waals surface area contributed by atoms with Crippen LogP contribution in [-0.2, 0) is 10.0 Å². The number of sulfonamides is 1.